The van der Waals surface area contributed by atoms with Crippen LogP contribution in [0.2, 0.25) is 5.02 Å². The van der Waals surface area contributed by atoms with Gasteiger partial charge in [-0.3, -0.25) is 4.79 Å². The van der Waals surface area contributed by atoms with Crippen molar-refractivity contribution in [3.8, 4) is 0 Å². The fraction of sp³-hybridized carbons (Fsp3) is 0.367. The van der Waals surface area contributed by atoms with E-state index in [4.69, 9.17) is 11.6 Å². The molecule has 1 atom stereocenters. The molecule has 1 aliphatic heterocycles. The molecule has 0 fully saturated rings. The van der Waals surface area contributed by atoms with Crippen molar-refractivity contribution in [2.75, 3.05) is 31.7 Å². The third-order valence-corrected chi connectivity index (χ3v) is 7.37. The molecule has 1 heterocycles. The number of para-hydroxylation sites is 1. The van der Waals surface area contributed by atoms with Crippen LogP contribution >= 0.6 is 11.6 Å². The lowest BCUT2D eigenvalue weighted by Crippen LogP contribution is -2.49. The van der Waals surface area contributed by atoms with E-state index in [0.717, 1.165) is 61.3 Å². The summed E-state index contributed by atoms with van der Waals surface area (Å²) >= 11 is 6.47. The molecule has 0 bridgehead atoms. The van der Waals surface area contributed by atoms with Gasteiger partial charge in [0.15, 0.2) is 0 Å². The van der Waals surface area contributed by atoms with Gasteiger partial charge in [0.05, 0.1) is 5.69 Å². The quantitative estimate of drug-likeness (QED) is 0.306. The molecular weight excluding hydrogens is 454 g/mol. The van der Waals surface area contributed by atoms with E-state index in [-0.39, 0.29) is 5.91 Å². The van der Waals surface area contributed by atoms with E-state index >= 15 is 0 Å². The summed E-state index contributed by atoms with van der Waals surface area (Å²) in [4.78, 5) is 17.1. The van der Waals surface area contributed by atoms with E-state index < -0.39 is 5.41 Å². The first kappa shape index (κ1) is 25.4. The number of hydrogen-bond acceptors (Lipinski definition) is 3. The Labute approximate surface area is 215 Å². The second kappa shape index (κ2) is 11.4. The minimum atomic E-state index is -0.730. The van der Waals surface area contributed by atoms with Gasteiger partial charge in [-0.25, -0.2) is 10.0 Å². The van der Waals surface area contributed by atoms with Crippen LogP contribution in [0.15, 0.2) is 78.9 Å². The number of rotatable bonds is 11. The molecule has 3 aromatic carbocycles. The highest BCUT2D eigenvalue weighted by Gasteiger charge is 2.53. The van der Waals surface area contributed by atoms with Crippen LogP contribution in [0.3, 0.4) is 0 Å². The monoisotopic (exact) mass is 489 g/mol. The van der Waals surface area contributed by atoms with E-state index in [1.807, 2.05) is 65.6 Å². The summed E-state index contributed by atoms with van der Waals surface area (Å²) in [6, 6.07) is 26.4. The summed E-state index contributed by atoms with van der Waals surface area (Å²) in [5.74, 6) is 0.104. The maximum absolute atomic E-state index is 14.6. The van der Waals surface area contributed by atoms with Crippen molar-refractivity contribution >= 4 is 23.2 Å². The number of anilines is 1. The summed E-state index contributed by atoms with van der Waals surface area (Å²) < 4.78 is 0. The van der Waals surface area contributed by atoms with E-state index in [2.05, 4.69) is 49.1 Å². The Kier molecular flexibility index (Phi) is 8.27. The van der Waals surface area contributed by atoms with Gasteiger partial charge in [-0.05, 0) is 67.7 Å². The highest BCUT2D eigenvalue weighted by Crippen LogP contribution is 2.49. The van der Waals surface area contributed by atoms with Crippen LogP contribution in [0, 0.1) is 0 Å². The van der Waals surface area contributed by atoms with Crippen molar-refractivity contribution in [2.45, 2.75) is 45.1 Å². The molecule has 0 aromatic heterocycles. The Bertz CT molecular complexity index is 1130. The predicted molar refractivity (Wildman–Crippen MR) is 146 cm³/mol. The summed E-state index contributed by atoms with van der Waals surface area (Å²) in [7, 11) is 1.97. The molecule has 3 aromatic rings. The number of hydrazine groups is 1. The minimum Gasteiger partial charge on any atom is -0.303 e. The lowest BCUT2D eigenvalue weighted by atomic mass is 9.72. The molecular formula is C30H36ClN3O. The van der Waals surface area contributed by atoms with Crippen LogP contribution in [0.1, 0.15) is 49.8 Å². The van der Waals surface area contributed by atoms with Crippen LogP contribution in [0.4, 0.5) is 5.69 Å². The van der Waals surface area contributed by atoms with Crippen LogP contribution in [0.25, 0.3) is 0 Å². The van der Waals surface area contributed by atoms with Crippen molar-refractivity contribution in [3.05, 3.63) is 101 Å². The fourth-order valence-corrected chi connectivity index (χ4v) is 5.58. The first-order valence-corrected chi connectivity index (χ1v) is 13.1. The Hall–Kier alpha value is -2.66. The number of nitrogens with zero attached hydrogens (tertiary/aromatic N) is 3. The van der Waals surface area contributed by atoms with Gasteiger partial charge in [-0.2, -0.15) is 0 Å². The van der Waals surface area contributed by atoms with Crippen molar-refractivity contribution < 1.29 is 4.79 Å². The van der Waals surface area contributed by atoms with Crippen molar-refractivity contribution in [1.29, 1.82) is 0 Å². The van der Waals surface area contributed by atoms with E-state index in [1.165, 1.54) is 0 Å². The van der Waals surface area contributed by atoms with Crippen LogP contribution in [-0.4, -0.2) is 42.5 Å². The summed E-state index contributed by atoms with van der Waals surface area (Å²) in [5, 5.41) is 4.59. The summed E-state index contributed by atoms with van der Waals surface area (Å²) in [6.45, 7) is 7.95. The molecule has 0 unspecified atom stereocenters. The SMILES string of the molecule is CCCN(CCC)CC[C@]1(c2ccccc2)C(=O)N(N(C)Cc2ccccc2Cl)c2ccccc21. The molecule has 5 heteroatoms. The molecule has 0 saturated heterocycles. The second-order valence-corrected chi connectivity index (χ2v) is 9.81. The third kappa shape index (κ3) is 5.02. The lowest BCUT2D eigenvalue weighted by molar-refractivity contribution is -0.125. The third-order valence-electron chi connectivity index (χ3n) is 7.00. The Morgan fingerprint density at radius 1 is 0.829 bits per heavy atom. The molecule has 0 N–H and O–H groups in total. The van der Waals surface area contributed by atoms with E-state index in [9.17, 15) is 4.79 Å². The molecule has 0 spiro atoms. The average molecular weight is 490 g/mol. The van der Waals surface area contributed by atoms with E-state index in [1.54, 1.807) is 0 Å². The number of carbonyl (C=O) groups is 1. The van der Waals surface area contributed by atoms with Crippen LogP contribution in [-0.2, 0) is 16.8 Å². The zero-order chi connectivity index (χ0) is 24.8. The smallest absolute Gasteiger partial charge is 0.256 e. The van der Waals surface area contributed by atoms with Gasteiger partial charge in [-0.15, -0.1) is 0 Å². The maximum atomic E-state index is 14.6. The summed E-state index contributed by atoms with van der Waals surface area (Å²) in [6.07, 6.45) is 2.95. The number of benzene rings is 3. The van der Waals surface area contributed by atoms with Gasteiger partial charge in [0.1, 0.15) is 5.41 Å². The number of halogens is 1. The molecule has 4 nitrogen and oxygen atoms in total. The molecule has 0 saturated carbocycles. The second-order valence-electron chi connectivity index (χ2n) is 9.40. The van der Waals surface area contributed by atoms with Crippen LogP contribution in [0.5, 0.6) is 0 Å². The highest BCUT2D eigenvalue weighted by atomic mass is 35.5. The normalized spacial score (nSPS) is 17.4. The number of amides is 1. The molecule has 35 heavy (non-hydrogen) atoms. The van der Waals surface area contributed by atoms with Gasteiger partial charge in [0, 0.05) is 18.6 Å². The number of fused-ring (bicyclic) bond motifs is 1. The van der Waals surface area contributed by atoms with Crippen molar-refractivity contribution in [3.63, 3.8) is 0 Å². The maximum Gasteiger partial charge on any atom is 0.256 e. The molecule has 184 valence electrons. The molecule has 1 aliphatic rings. The minimum absolute atomic E-state index is 0.104. The topological polar surface area (TPSA) is 26.8 Å². The highest BCUT2D eigenvalue weighted by molar-refractivity contribution is 6.31. The fourth-order valence-electron chi connectivity index (χ4n) is 5.39. The average Bonchev–Trinajstić information content (AvgIpc) is 3.13. The molecule has 1 amide bonds. The summed E-state index contributed by atoms with van der Waals surface area (Å²) in [5.41, 5.74) is 3.35. The van der Waals surface area contributed by atoms with Gasteiger partial charge in [0.25, 0.3) is 5.91 Å². The van der Waals surface area contributed by atoms with Gasteiger partial charge < -0.3 is 4.90 Å². The zero-order valence-corrected chi connectivity index (χ0v) is 21.8. The Morgan fingerprint density at radius 3 is 2.14 bits per heavy atom. The predicted octanol–water partition coefficient (Wildman–Crippen LogP) is 6.53. The van der Waals surface area contributed by atoms with Crippen LogP contribution < -0.4 is 5.01 Å². The van der Waals surface area contributed by atoms with Gasteiger partial charge in [-0.1, -0.05) is 92.2 Å². The zero-order valence-electron chi connectivity index (χ0n) is 21.1. The first-order valence-electron chi connectivity index (χ1n) is 12.7. The Balaban J connectivity index is 1.76. The largest absolute Gasteiger partial charge is 0.303 e. The first-order chi connectivity index (χ1) is 17.0. The van der Waals surface area contributed by atoms with Gasteiger partial charge >= 0.3 is 0 Å². The van der Waals surface area contributed by atoms with Gasteiger partial charge in [0.2, 0.25) is 0 Å². The standard InChI is InChI=1S/C30H36ClN3O/c1-4-20-33(21-5-2)22-19-30(25-14-7-6-8-15-25)26-16-10-12-18-28(26)34(29(30)35)32(3)23-24-13-9-11-17-27(24)31/h6-18H,4-5,19-23H2,1-3H3/t30-/m1/s1. The lowest BCUT2D eigenvalue weighted by Gasteiger charge is -2.34. The number of carbonyl (C=O) groups excluding carboxylic acids is 1. The Morgan fingerprint density at radius 2 is 1.46 bits per heavy atom. The molecule has 0 radical (unpaired) electrons. The molecule has 0 aliphatic carbocycles. The van der Waals surface area contributed by atoms with Crippen molar-refractivity contribution in [1.82, 2.24) is 9.91 Å². The van der Waals surface area contributed by atoms with E-state index in [0.29, 0.717) is 11.6 Å². The molecule has 4 rings (SSSR count). The number of hydrogen-bond donors (Lipinski definition) is 0. The van der Waals surface area contributed by atoms with Crippen molar-refractivity contribution in [2.24, 2.45) is 0 Å².